The SMILES string of the molecule is Cc1c(C(=O)O)ccc(C(Cc2ccccc2)NC(=O)OC(C)(C)C)c1C(=O)O. The van der Waals surface area contributed by atoms with E-state index in [2.05, 4.69) is 5.32 Å². The quantitative estimate of drug-likeness (QED) is 0.671. The summed E-state index contributed by atoms with van der Waals surface area (Å²) in [7, 11) is 0. The van der Waals surface area contributed by atoms with Crippen LogP contribution in [0.25, 0.3) is 0 Å². The maximum Gasteiger partial charge on any atom is 0.408 e. The molecule has 2 rings (SSSR count). The second-order valence-electron chi connectivity index (χ2n) is 7.70. The maximum absolute atomic E-state index is 12.4. The number of carboxylic acids is 2. The van der Waals surface area contributed by atoms with Crippen LogP contribution in [0.2, 0.25) is 0 Å². The largest absolute Gasteiger partial charge is 0.478 e. The Balaban J connectivity index is 2.52. The topological polar surface area (TPSA) is 113 Å². The van der Waals surface area contributed by atoms with Crippen LogP contribution in [0.4, 0.5) is 4.79 Å². The van der Waals surface area contributed by atoms with Crippen LogP contribution in [-0.4, -0.2) is 33.8 Å². The van der Waals surface area contributed by atoms with E-state index in [1.165, 1.54) is 19.1 Å². The van der Waals surface area contributed by atoms with Gasteiger partial charge in [-0.25, -0.2) is 14.4 Å². The molecule has 0 aliphatic heterocycles. The predicted octanol–water partition coefficient (Wildman–Crippen LogP) is 4.20. The van der Waals surface area contributed by atoms with Crippen LogP contribution in [0.5, 0.6) is 0 Å². The molecular weight excluding hydrogens is 374 g/mol. The third-order valence-corrected chi connectivity index (χ3v) is 4.29. The molecule has 1 atom stereocenters. The van der Waals surface area contributed by atoms with Gasteiger partial charge in [0.1, 0.15) is 5.60 Å². The minimum Gasteiger partial charge on any atom is -0.478 e. The molecule has 0 aromatic heterocycles. The van der Waals surface area contributed by atoms with E-state index in [4.69, 9.17) is 4.74 Å². The minimum atomic E-state index is -1.26. The van der Waals surface area contributed by atoms with Crippen LogP contribution < -0.4 is 5.32 Å². The number of carboxylic acid groups (broad SMARTS) is 2. The van der Waals surface area contributed by atoms with Crippen molar-refractivity contribution in [2.45, 2.75) is 45.8 Å². The summed E-state index contributed by atoms with van der Waals surface area (Å²) in [6.45, 7) is 6.64. The van der Waals surface area contributed by atoms with E-state index in [-0.39, 0.29) is 16.7 Å². The lowest BCUT2D eigenvalue weighted by molar-refractivity contribution is 0.0499. The average Bonchev–Trinajstić information content (AvgIpc) is 2.59. The van der Waals surface area contributed by atoms with Crippen molar-refractivity contribution in [3.63, 3.8) is 0 Å². The van der Waals surface area contributed by atoms with Crippen molar-refractivity contribution in [1.82, 2.24) is 5.32 Å². The van der Waals surface area contributed by atoms with Crippen molar-refractivity contribution >= 4 is 18.0 Å². The van der Waals surface area contributed by atoms with E-state index in [0.29, 0.717) is 12.0 Å². The van der Waals surface area contributed by atoms with Gasteiger partial charge in [-0.2, -0.15) is 0 Å². The highest BCUT2D eigenvalue weighted by Gasteiger charge is 2.27. The zero-order valence-corrected chi connectivity index (χ0v) is 16.9. The van der Waals surface area contributed by atoms with E-state index in [1.807, 2.05) is 30.3 Å². The Hall–Kier alpha value is -3.35. The molecular formula is C22H25NO6. The summed E-state index contributed by atoms with van der Waals surface area (Å²) >= 11 is 0. The molecule has 0 fully saturated rings. The van der Waals surface area contributed by atoms with Crippen LogP contribution in [0, 0.1) is 6.92 Å². The number of carbonyl (C=O) groups excluding carboxylic acids is 1. The second kappa shape index (κ2) is 8.77. The highest BCUT2D eigenvalue weighted by atomic mass is 16.6. The lowest BCUT2D eigenvalue weighted by Gasteiger charge is -2.25. The minimum absolute atomic E-state index is 0.0955. The van der Waals surface area contributed by atoms with Gasteiger partial charge in [0.2, 0.25) is 0 Å². The van der Waals surface area contributed by atoms with Gasteiger partial charge in [-0.1, -0.05) is 36.4 Å². The molecule has 3 N–H and O–H groups in total. The average molecular weight is 399 g/mol. The Bertz CT molecular complexity index is 915. The summed E-state index contributed by atoms with van der Waals surface area (Å²) in [5, 5.41) is 21.8. The zero-order valence-electron chi connectivity index (χ0n) is 16.9. The van der Waals surface area contributed by atoms with E-state index >= 15 is 0 Å². The monoisotopic (exact) mass is 399 g/mol. The number of benzene rings is 2. The van der Waals surface area contributed by atoms with Gasteiger partial charge in [0.05, 0.1) is 17.2 Å². The standard InChI is InChI=1S/C22H25NO6/c1-13-15(19(24)25)10-11-16(18(13)20(26)27)17(12-14-8-6-5-7-9-14)23-21(28)29-22(2,3)4/h5-11,17H,12H2,1-4H3,(H,23,28)(H,24,25)(H,26,27). The number of carbonyl (C=O) groups is 3. The van der Waals surface area contributed by atoms with Crippen molar-refractivity contribution in [2.24, 2.45) is 0 Å². The molecule has 0 bridgehead atoms. The molecule has 2 aromatic carbocycles. The van der Waals surface area contributed by atoms with Crippen molar-refractivity contribution in [1.29, 1.82) is 0 Å². The summed E-state index contributed by atoms with van der Waals surface area (Å²) in [5.74, 6) is -2.47. The summed E-state index contributed by atoms with van der Waals surface area (Å²) in [6, 6.07) is 11.3. The first kappa shape index (κ1) is 21.9. The number of ether oxygens (including phenoxy) is 1. The third-order valence-electron chi connectivity index (χ3n) is 4.29. The second-order valence-corrected chi connectivity index (χ2v) is 7.70. The van der Waals surface area contributed by atoms with Gasteiger partial charge in [0.25, 0.3) is 0 Å². The molecule has 0 saturated heterocycles. The van der Waals surface area contributed by atoms with Gasteiger partial charge < -0.3 is 20.3 Å². The first-order valence-electron chi connectivity index (χ1n) is 9.13. The smallest absolute Gasteiger partial charge is 0.408 e. The molecule has 2 aromatic rings. The van der Waals surface area contributed by atoms with E-state index in [0.717, 1.165) is 5.56 Å². The Morgan fingerprint density at radius 1 is 1.00 bits per heavy atom. The van der Waals surface area contributed by atoms with Crippen LogP contribution >= 0.6 is 0 Å². The molecule has 0 saturated carbocycles. The van der Waals surface area contributed by atoms with E-state index in [1.54, 1.807) is 20.8 Å². The van der Waals surface area contributed by atoms with Gasteiger partial charge in [-0.3, -0.25) is 0 Å². The number of hydrogen-bond donors (Lipinski definition) is 3. The first-order chi connectivity index (χ1) is 13.5. The summed E-state index contributed by atoms with van der Waals surface area (Å²) in [4.78, 5) is 35.8. The highest BCUT2D eigenvalue weighted by molar-refractivity contribution is 5.97. The van der Waals surface area contributed by atoms with Gasteiger partial charge in [-0.05, 0) is 56.9 Å². The molecule has 154 valence electrons. The van der Waals surface area contributed by atoms with Crippen LogP contribution in [-0.2, 0) is 11.2 Å². The first-order valence-corrected chi connectivity index (χ1v) is 9.13. The summed E-state index contributed by atoms with van der Waals surface area (Å²) in [6.07, 6.45) is -0.374. The summed E-state index contributed by atoms with van der Waals surface area (Å²) < 4.78 is 5.33. The van der Waals surface area contributed by atoms with Crippen molar-refractivity contribution in [3.8, 4) is 0 Å². The van der Waals surface area contributed by atoms with Gasteiger partial charge in [-0.15, -0.1) is 0 Å². The maximum atomic E-state index is 12.4. The Morgan fingerprint density at radius 2 is 1.62 bits per heavy atom. The fraction of sp³-hybridized carbons (Fsp3) is 0.318. The molecule has 7 heteroatoms. The van der Waals surface area contributed by atoms with Gasteiger partial charge >= 0.3 is 18.0 Å². The third kappa shape index (κ3) is 5.81. The van der Waals surface area contributed by atoms with Crippen LogP contribution in [0.3, 0.4) is 0 Å². The number of amides is 1. The number of hydrogen-bond acceptors (Lipinski definition) is 4. The molecule has 0 aliphatic carbocycles. The normalized spacial score (nSPS) is 12.1. The van der Waals surface area contributed by atoms with Gasteiger partial charge in [0.15, 0.2) is 0 Å². The lowest BCUT2D eigenvalue weighted by atomic mass is 9.90. The van der Waals surface area contributed by atoms with Crippen LogP contribution in [0.15, 0.2) is 42.5 Å². The highest BCUT2D eigenvalue weighted by Crippen LogP contribution is 2.27. The molecule has 0 heterocycles. The van der Waals surface area contributed by atoms with E-state index < -0.39 is 29.7 Å². The Morgan fingerprint density at radius 3 is 2.14 bits per heavy atom. The fourth-order valence-corrected chi connectivity index (χ4v) is 3.08. The molecule has 0 radical (unpaired) electrons. The molecule has 1 unspecified atom stereocenters. The Labute approximate surface area is 169 Å². The molecule has 7 nitrogen and oxygen atoms in total. The lowest BCUT2D eigenvalue weighted by Crippen LogP contribution is -2.36. The fourth-order valence-electron chi connectivity index (χ4n) is 3.08. The number of alkyl carbamates (subject to hydrolysis) is 1. The summed E-state index contributed by atoms with van der Waals surface area (Å²) in [5.41, 5.74) is 0.370. The van der Waals surface area contributed by atoms with E-state index in [9.17, 15) is 24.6 Å². The predicted molar refractivity (Wildman–Crippen MR) is 107 cm³/mol. The molecule has 0 aliphatic rings. The molecule has 0 spiro atoms. The number of rotatable bonds is 6. The van der Waals surface area contributed by atoms with Gasteiger partial charge in [0, 0.05) is 0 Å². The van der Waals surface area contributed by atoms with Crippen molar-refractivity contribution < 1.29 is 29.3 Å². The van der Waals surface area contributed by atoms with Crippen molar-refractivity contribution in [3.05, 3.63) is 70.3 Å². The van der Waals surface area contributed by atoms with Crippen molar-refractivity contribution in [2.75, 3.05) is 0 Å². The number of nitrogens with one attached hydrogen (secondary N) is 1. The Kier molecular flexibility index (Phi) is 6.64. The zero-order chi connectivity index (χ0) is 21.8. The molecule has 1 amide bonds. The van der Waals surface area contributed by atoms with Crippen LogP contribution in [0.1, 0.15) is 64.2 Å². The number of aromatic carboxylic acids is 2. The molecule has 29 heavy (non-hydrogen) atoms.